The fraction of sp³-hybridized carbons (Fsp3) is 0.300. The van der Waals surface area contributed by atoms with Crippen LogP contribution in [0.4, 0.5) is 10.1 Å². The highest BCUT2D eigenvalue weighted by molar-refractivity contribution is 5.97. The number of benzene rings is 2. The molecule has 0 aliphatic rings. The topological polar surface area (TPSA) is 73.9 Å². The minimum Gasteiger partial charge on any atom is -0.490 e. The molecule has 1 N–H and O–H groups in total. The van der Waals surface area contributed by atoms with Gasteiger partial charge in [-0.3, -0.25) is 4.79 Å². The predicted octanol–water partition coefficient (Wildman–Crippen LogP) is 3.81. The fourth-order valence-corrected chi connectivity index (χ4v) is 2.24. The van der Waals surface area contributed by atoms with Gasteiger partial charge in [-0.25, -0.2) is 9.18 Å². The summed E-state index contributed by atoms with van der Waals surface area (Å²) in [6, 6.07) is 9.96. The number of esters is 1. The van der Waals surface area contributed by atoms with E-state index in [9.17, 15) is 14.0 Å². The highest BCUT2D eigenvalue weighted by atomic mass is 19.1. The standard InChI is InChI=1S/C20H22FNO5/c1-4-25-17-11-6-14(12-18(17)26-5-2)20(24)27-13(3)19(23)22-16-9-7-15(21)8-10-16/h6-13H,4-5H2,1-3H3,(H,22,23)/t13-/m0/s1. The van der Waals surface area contributed by atoms with Crippen LogP contribution in [-0.4, -0.2) is 31.2 Å². The van der Waals surface area contributed by atoms with Crippen molar-refractivity contribution in [2.75, 3.05) is 18.5 Å². The maximum Gasteiger partial charge on any atom is 0.339 e. The van der Waals surface area contributed by atoms with Crippen molar-refractivity contribution in [1.82, 2.24) is 0 Å². The minimum atomic E-state index is -1.04. The molecule has 0 bridgehead atoms. The lowest BCUT2D eigenvalue weighted by molar-refractivity contribution is -0.123. The Morgan fingerprint density at radius 2 is 1.63 bits per heavy atom. The molecular formula is C20H22FNO5. The third-order valence-corrected chi connectivity index (χ3v) is 3.54. The summed E-state index contributed by atoms with van der Waals surface area (Å²) in [5.74, 6) is -0.644. The van der Waals surface area contributed by atoms with Crippen LogP contribution in [0.25, 0.3) is 0 Å². The Balaban J connectivity index is 2.03. The molecule has 6 nitrogen and oxygen atoms in total. The zero-order valence-corrected chi connectivity index (χ0v) is 15.5. The molecule has 7 heteroatoms. The van der Waals surface area contributed by atoms with Crippen molar-refractivity contribution in [1.29, 1.82) is 0 Å². The number of rotatable bonds is 8. The molecular weight excluding hydrogens is 353 g/mol. The number of anilines is 1. The predicted molar refractivity (Wildman–Crippen MR) is 98.7 cm³/mol. The molecule has 0 fully saturated rings. The van der Waals surface area contributed by atoms with Crippen molar-refractivity contribution in [2.24, 2.45) is 0 Å². The van der Waals surface area contributed by atoms with Crippen molar-refractivity contribution < 1.29 is 28.2 Å². The first-order chi connectivity index (χ1) is 12.9. The highest BCUT2D eigenvalue weighted by Crippen LogP contribution is 2.29. The maximum absolute atomic E-state index is 12.9. The summed E-state index contributed by atoms with van der Waals surface area (Å²) in [4.78, 5) is 24.5. The number of carbonyl (C=O) groups is 2. The van der Waals surface area contributed by atoms with Gasteiger partial charge in [-0.1, -0.05) is 0 Å². The molecule has 0 aliphatic carbocycles. The molecule has 2 aromatic carbocycles. The molecule has 0 unspecified atom stereocenters. The molecule has 2 aromatic rings. The van der Waals surface area contributed by atoms with Gasteiger partial charge in [-0.05, 0) is 63.2 Å². The molecule has 2 rings (SSSR count). The lowest BCUT2D eigenvalue weighted by Gasteiger charge is -2.15. The number of amides is 1. The molecule has 27 heavy (non-hydrogen) atoms. The van der Waals surface area contributed by atoms with E-state index < -0.39 is 23.8 Å². The van der Waals surface area contributed by atoms with Crippen LogP contribution in [0.3, 0.4) is 0 Å². The van der Waals surface area contributed by atoms with E-state index in [0.717, 1.165) is 0 Å². The molecule has 1 amide bonds. The summed E-state index contributed by atoms with van der Waals surface area (Å²) in [5, 5.41) is 2.56. The van der Waals surface area contributed by atoms with E-state index in [1.54, 1.807) is 12.1 Å². The lowest BCUT2D eigenvalue weighted by atomic mass is 10.2. The number of halogens is 1. The molecule has 0 saturated carbocycles. The Hall–Kier alpha value is -3.09. The summed E-state index contributed by atoms with van der Waals surface area (Å²) >= 11 is 0. The lowest BCUT2D eigenvalue weighted by Crippen LogP contribution is -2.30. The summed E-state index contributed by atoms with van der Waals surface area (Å²) in [6.45, 7) is 6.00. The van der Waals surface area contributed by atoms with Gasteiger partial charge in [0.2, 0.25) is 0 Å². The molecule has 144 valence electrons. The smallest absolute Gasteiger partial charge is 0.339 e. The Bertz CT molecular complexity index is 791. The van der Waals surface area contributed by atoms with Crippen molar-refractivity contribution in [3.63, 3.8) is 0 Å². The monoisotopic (exact) mass is 375 g/mol. The van der Waals surface area contributed by atoms with Gasteiger partial charge in [0, 0.05) is 5.69 Å². The van der Waals surface area contributed by atoms with Crippen LogP contribution in [0.2, 0.25) is 0 Å². The first-order valence-electron chi connectivity index (χ1n) is 8.61. The van der Waals surface area contributed by atoms with Crippen molar-refractivity contribution in [3.05, 3.63) is 53.8 Å². The second kappa shape index (κ2) is 9.56. The summed E-state index contributed by atoms with van der Waals surface area (Å²) in [7, 11) is 0. The number of ether oxygens (including phenoxy) is 3. The first kappa shape index (κ1) is 20.2. The van der Waals surface area contributed by atoms with Crippen LogP contribution < -0.4 is 14.8 Å². The van der Waals surface area contributed by atoms with Crippen molar-refractivity contribution >= 4 is 17.6 Å². The molecule has 0 aromatic heterocycles. The van der Waals surface area contributed by atoms with E-state index in [1.807, 2.05) is 13.8 Å². The number of carbonyl (C=O) groups excluding carboxylic acids is 2. The summed E-state index contributed by atoms with van der Waals surface area (Å²) in [6.07, 6.45) is -1.04. The molecule has 0 saturated heterocycles. The van der Waals surface area contributed by atoms with E-state index >= 15 is 0 Å². The number of nitrogens with one attached hydrogen (secondary N) is 1. The molecule has 0 radical (unpaired) electrons. The third-order valence-electron chi connectivity index (χ3n) is 3.54. The second-order valence-corrected chi connectivity index (χ2v) is 5.57. The Morgan fingerprint density at radius 1 is 1.00 bits per heavy atom. The third kappa shape index (κ3) is 5.70. The highest BCUT2D eigenvalue weighted by Gasteiger charge is 2.20. The van der Waals surface area contributed by atoms with Gasteiger partial charge < -0.3 is 19.5 Å². The summed E-state index contributed by atoms with van der Waals surface area (Å²) in [5.41, 5.74) is 0.646. The van der Waals surface area contributed by atoms with Crippen LogP contribution >= 0.6 is 0 Å². The van der Waals surface area contributed by atoms with Crippen LogP contribution in [-0.2, 0) is 9.53 Å². The first-order valence-corrected chi connectivity index (χ1v) is 8.61. The van der Waals surface area contributed by atoms with Crippen molar-refractivity contribution in [2.45, 2.75) is 26.9 Å². The van der Waals surface area contributed by atoms with E-state index in [-0.39, 0.29) is 5.56 Å². The molecule has 0 heterocycles. The normalized spacial score (nSPS) is 11.4. The molecule has 1 atom stereocenters. The van der Waals surface area contributed by atoms with Gasteiger partial charge in [0.25, 0.3) is 5.91 Å². The summed E-state index contributed by atoms with van der Waals surface area (Å²) < 4.78 is 29.0. The average molecular weight is 375 g/mol. The SMILES string of the molecule is CCOc1ccc(C(=O)O[C@@H](C)C(=O)Nc2ccc(F)cc2)cc1OCC. The zero-order valence-electron chi connectivity index (χ0n) is 15.5. The van der Waals surface area contributed by atoms with Crippen LogP contribution in [0.5, 0.6) is 11.5 Å². The van der Waals surface area contributed by atoms with Crippen LogP contribution in [0.1, 0.15) is 31.1 Å². The molecule has 0 aliphatic heterocycles. The zero-order chi connectivity index (χ0) is 19.8. The van der Waals surface area contributed by atoms with E-state index in [4.69, 9.17) is 14.2 Å². The van der Waals surface area contributed by atoms with Gasteiger partial charge in [0.05, 0.1) is 18.8 Å². The largest absolute Gasteiger partial charge is 0.490 e. The second-order valence-electron chi connectivity index (χ2n) is 5.57. The van der Waals surface area contributed by atoms with Gasteiger partial charge in [-0.2, -0.15) is 0 Å². The van der Waals surface area contributed by atoms with Gasteiger partial charge in [0.15, 0.2) is 17.6 Å². The minimum absolute atomic E-state index is 0.239. The van der Waals surface area contributed by atoms with Gasteiger partial charge in [-0.15, -0.1) is 0 Å². The van der Waals surface area contributed by atoms with E-state index in [0.29, 0.717) is 30.4 Å². The van der Waals surface area contributed by atoms with E-state index in [2.05, 4.69) is 5.32 Å². The average Bonchev–Trinajstić information content (AvgIpc) is 2.65. The van der Waals surface area contributed by atoms with Crippen LogP contribution in [0.15, 0.2) is 42.5 Å². The number of hydrogen-bond acceptors (Lipinski definition) is 5. The Morgan fingerprint density at radius 3 is 2.26 bits per heavy atom. The Labute approximate surface area is 157 Å². The van der Waals surface area contributed by atoms with E-state index in [1.165, 1.54) is 37.3 Å². The van der Waals surface area contributed by atoms with Gasteiger partial charge >= 0.3 is 5.97 Å². The Kier molecular flexibility index (Phi) is 7.16. The molecule has 0 spiro atoms. The number of hydrogen-bond donors (Lipinski definition) is 1. The van der Waals surface area contributed by atoms with Crippen molar-refractivity contribution in [3.8, 4) is 11.5 Å². The quantitative estimate of drug-likeness (QED) is 0.711. The van der Waals surface area contributed by atoms with Gasteiger partial charge in [0.1, 0.15) is 5.82 Å². The maximum atomic E-state index is 12.9. The fourth-order valence-electron chi connectivity index (χ4n) is 2.24. The van der Waals surface area contributed by atoms with Crippen LogP contribution in [0, 0.1) is 5.82 Å².